The van der Waals surface area contributed by atoms with E-state index in [1.165, 1.54) is 0 Å². The molecule has 2 bridgehead atoms. The molecule has 0 aromatic heterocycles. The number of nitrogens with one attached hydrogen (secondary N) is 3. The van der Waals surface area contributed by atoms with Crippen molar-refractivity contribution in [2.45, 2.75) is 124 Å². The molecule has 0 spiro atoms. The van der Waals surface area contributed by atoms with E-state index in [4.69, 9.17) is 23.5 Å². The van der Waals surface area contributed by atoms with Gasteiger partial charge in [-0.1, -0.05) is 67.5 Å². The fourth-order valence-electron chi connectivity index (χ4n) is 8.77. The molecule has 2 unspecified atom stereocenters. The zero-order chi connectivity index (χ0) is 38.1. The van der Waals surface area contributed by atoms with E-state index in [-0.39, 0.29) is 40.8 Å². The Labute approximate surface area is 311 Å². The maximum absolute atomic E-state index is 14.4. The summed E-state index contributed by atoms with van der Waals surface area (Å²) in [6.07, 6.45) is 3.12. The number of amides is 2. The summed E-state index contributed by atoms with van der Waals surface area (Å²) in [7, 11) is 4.14. The standard InChI is InChI=1S/C41H62BN3O7/c1-23(2)16-35(42-51-34-22-28-21-33(40(28,7)8)41(34,9)52-42)44-39(47)36(25(5)6)45-38(46)30(43-29-15-13-14-27(20-29)24(3)4)17-26-18-31(48-10)37(50-12)32(19-26)49-11/h13-15,18-20,23-25,28,30,33-36,43H,16-17,21-22H2,1-12H3,(H,44,47)(H,45,46)/t28-,30?,33-,34+,35-,36?,41-/m0/s1. The summed E-state index contributed by atoms with van der Waals surface area (Å²) in [4.78, 5) is 28.6. The van der Waals surface area contributed by atoms with Crippen molar-refractivity contribution in [2.75, 3.05) is 26.6 Å². The molecule has 6 rings (SSSR count). The molecular formula is C41H62BN3O7. The zero-order valence-electron chi connectivity index (χ0n) is 33.4. The molecule has 52 heavy (non-hydrogen) atoms. The number of hydrogen-bond acceptors (Lipinski definition) is 8. The third kappa shape index (κ3) is 8.05. The molecule has 286 valence electrons. The van der Waals surface area contributed by atoms with E-state index in [9.17, 15) is 9.59 Å². The van der Waals surface area contributed by atoms with Crippen LogP contribution < -0.4 is 30.2 Å². The van der Waals surface area contributed by atoms with E-state index >= 15 is 0 Å². The number of rotatable bonds is 16. The molecule has 0 radical (unpaired) electrons. The van der Waals surface area contributed by atoms with Gasteiger partial charge in [-0.25, -0.2) is 0 Å². The lowest BCUT2D eigenvalue weighted by atomic mass is 9.43. The van der Waals surface area contributed by atoms with Crippen LogP contribution in [0.1, 0.15) is 98.6 Å². The molecule has 3 saturated carbocycles. The minimum absolute atomic E-state index is 0.0117. The molecule has 1 saturated heterocycles. The fraction of sp³-hybridized carbons (Fsp3) is 0.659. The Morgan fingerprint density at radius 3 is 2.13 bits per heavy atom. The average molecular weight is 720 g/mol. The van der Waals surface area contributed by atoms with Crippen molar-refractivity contribution < 1.29 is 33.1 Å². The normalized spacial score (nSPS) is 24.8. The van der Waals surface area contributed by atoms with Crippen LogP contribution in [0.3, 0.4) is 0 Å². The first-order valence-corrected chi connectivity index (χ1v) is 19.1. The van der Waals surface area contributed by atoms with Crippen LogP contribution in [-0.2, 0) is 25.3 Å². The second-order valence-corrected chi connectivity index (χ2v) is 17.0. The summed E-state index contributed by atoms with van der Waals surface area (Å²) in [5.41, 5.74) is 2.60. The summed E-state index contributed by atoms with van der Waals surface area (Å²) in [6.45, 7) is 19.3. The summed E-state index contributed by atoms with van der Waals surface area (Å²) in [5, 5.41) is 9.88. The van der Waals surface area contributed by atoms with Crippen LogP contribution >= 0.6 is 0 Å². The van der Waals surface area contributed by atoms with Crippen LogP contribution in [0.25, 0.3) is 0 Å². The minimum Gasteiger partial charge on any atom is -0.493 e. The van der Waals surface area contributed by atoms with Crippen LogP contribution in [-0.4, -0.2) is 70.0 Å². The Bertz CT molecular complexity index is 1560. The number of benzene rings is 2. The highest BCUT2D eigenvalue weighted by Gasteiger charge is 2.68. The second kappa shape index (κ2) is 15.9. The van der Waals surface area contributed by atoms with E-state index in [1.807, 2.05) is 38.1 Å². The van der Waals surface area contributed by atoms with Crippen molar-refractivity contribution in [3.63, 3.8) is 0 Å². The van der Waals surface area contributed by atoms with Crippen molar-refractivity contribution in [1.82, 2.24) is 10.6 Å². The lowest BCUT2D eigenvalue weighted by Crippen LogP contribution is -2.65. The summed E-state index contributed by atoms with van der Waals surface area (Å²) in [5.74, 6) is 2.03. The van der Waals surface area contributed by atoms with Gasteiger partial charge in [-0.05, 0) is 96.6 Å². The van der Waals surface area contributed by atoms with Gasteiger partial charge in [0.2, 0.25) is 17.6 Å². The van der Waals surface area contributed by atoms with E-state index < -0.39 is 19.2 Å². The number of anilines is 1. The highest BCUT2D eigenvalue weighted by molar-refractivity contribution is 6.48. The second-order valence-electron chi connectivity index (χ2n) is 17.0. The Morgan fingerprint density at radius 1 is 0.904 bits per heavy atom. The van der Waals surface area contributed by atoms with Crippen LogP contribution in [0.4, 0.5) is 5.69 Å². The van der Waals surface area contributed by atoms with Crippen LogP contribution in [0.15, 0.2) is 36.4 Å². The quantitative estimate of drug-likeness (QED) is 0.162. The van der Waals surface area contributed by atoms with Crippen molar-refractivity contribution in [1.29, 1.82) is 0 Å². The van der Waals surface area contributed by atoms with Crippen LogP contribution in [0.5, 0.6) is 17.2 Å². The molecule has 10 nitrogen and oxygen atoms in total. The van der Waals surface area contributed by atoms with Gasteiger partial charge in [0.15, 0.2) is 11.5 Å². The number of hydrogen-bond donors (Lipinski definition) is 3. The number of carbonyl (C=O) groups is 2. The number of ether oxygens (including phenoxy) is 3. The van der Waals surface area contributed by atoms with Crippen molar-refractivity contribution >= 4 is 24.6 Å². The molecule has 2 aromatic carbocycles. The predicted molar refractivity (Wildman–Crippen MR) is 206 cm³/mol. The van der Waals surface area contributed by atoms with Crippen molar-refractivity contribution in [3.05, 3.63) is 47.5 Å². The Hall–Kier alpha value is -3.44. The topological polar surface area (TPSA) is 116 Å². The first-order chi connectivity index (χ1) is 24.5. The molecule has 2 amide bonds. The maximum Gasteiger partial charge on any atom is 0.481 e. The Morgan fingerprint density at radius 2 is 1.58 bits per heavy atom. The lowest BCUT2D eigenvalue weighted by molar-refractivity contribution is -0.199. The van der Waals surface area contributed by atoms with Crippen molar-refractivity contribution in [3.8, 4) is 17.2 Å². The molecule has 1 aliphatic heterocycles. The molecule has 2 aromatic rings. The molecule has 11 heteroatoms. The van der Waals surface area contributed by atoms with Gasteiger partial charge < -0.3 is 39.5 Å². The Balaban J connectivity index is 1.38. The summed E-state index contributed by atoms with van der Waals surface area (Å²) < 4.78 is 30.2. The number of methoxy groups -OCH3 is 3. The molecule has 7 atom stereocenters. The lowest BCUT2D eigenvalue weighted by Gasteiger charge is -2.64. The van der Waals surface area contributed by atoms with Gasteiger partial charge in [0, 0.05) is 12.1 Å². The van der Waals surface area contributed by atoms with E-state index in [0.29, 0.717) is 53.8 Å². The predicted octanol–water partition coefficient (Wildman–Crippen LogP) is 6.80. The molecular weight excluding hydrogens is 657 g/mol. The summed E-state index contributed by atoms with van der Waals surface area (Å²) in [6, 6.07) is 10.3. The first kappa shape index (κ1) is 39.8. The highest BCUT2D eigenvalue weighted by Crippen LogP contribution is 2.65. The molecule has 3 N–H and O–H groups in total. The van der Waals surface area contributed by atoms with Crippen molar-refractivity contribution in [2.24, 2.45) is 29.1 Å². The number of carbonyl (C=O) groups excluding carboxylic acids is 2. The zero-order valence-corrected chi connectivity index (χ0v) is 33.4. The van der Waals surface area contributed by atoms with Gasteiger partial charge in [-0.3, -0.25) is 9.59 Å². The van der Waals surface area contributed by atoms with Gasteiger partial charge in [0.05, 0.1) is 39.0 Å². The molecule has 4 fully saturated rings. The molecule has 3 aliphatic carbocycles. The minimum atomic E-state index is -0.792. The summed E-state index contributed by atoms with van der Waals surface area (Å²) >= 11 is 0. The largest absolute Gasteiger partial charge is 0.493 e. The van der Waals surface area contributed by atoms with Crippen LogP contribution in [0, 0.1) is 29.1 Å². The molecule has 4 aliphatic rings. The smallest absolute Gasteiger partial charge is 0.481 e. The van der Waals surface area contributed by atoms with Gasteiger partial charge in [0.25, 0.3) is 0 Å². The molecule has 1 heterocycles. The first-order valence-electron chi connectivity index (χ1n) is 19.1. The Kier molecular flexibility index (Phi) is 12.2. The van der Waals surface area contributed by atoms with Gasteiger partial charge >= 0.3 is 7.12 Å². The third-order valence-electron chi connectivity index (χ3n) is 12.0. The highest BCUT2D eigenvalue weighted by atomic mass is 16.7. The third-order valence-corrected chi connectivity index (χ3v) is 12.0. The SMILES string of the molecule is COc1cc(CC(Nc2cccc(C(C)C)c2)C(=O)NC(C(=O)N[C@@H](CC(C)C)B2O[C@@H]3C[C@@H]4C[C@@H](C4(C)C)[C@]3(C)O2)C(C)C)cc(OC)c1OC. The van der Waals surface area contributed by atoms with Crippen LogP contribution in [0.2, 0.25) is 0 Å². The van der Waals surface area contributed by atoms with Gasteiger partial charge in [0.1, 0.15) is 12.1 Å². The van der Waals surface area contributed by atoms with Gasteiger partial charge in [-0.15, -0.1) is 0 Å². The van der Waals surface area contributed by atoms with E-state index in [2.05, 4.69) is 76.5 Å². The van der Waals surface area contributed by atoms with E-state index in [1.54, 1.807) is 21.3 Å². The maximum atomic E-state index is 14.4. The monoisotopic (exact) mass is 719 g/mol. The average Bonchev–Trinajstić information content (AvgIpc) is 3.46. The van der Waals surface area contributed by atoms with E-state index in [0.717, 1.165) is 29.7 Å². The fourth-order valence-corrected chi connectivity index (χ4v) is 8.77. The van der Waals surface area contributed by atoms with Gasteiger partial charge in [-0.2, -0.15) is 0 Å².